The summed E-state index contributed by atoms with van der Waals surface area (Å²) in [5, 5.41) is 9.16. The van der Waals surface area contributed by atoms with Crippen molar-refractivity contribution in [3.05, 3.63) is 59.7 Å². The average molecular weight is 404 g/mol. The maximum absolute atomic E-state index is 13.7. The number of alkyl halides is 9. The topological polar surface area (TPSA) is 29.5 Å². The van der Waals surface area contributed by atoms with Gasteiger partial charge >= 0.3 is 18.7 Å². The largest absolute Gasteiger partial charge is 0.573 e. The highest BCUT2D eigenvalue weighted by atomic mass is 19.4. The van der Waals surface area contributed by atoms with Gasteiger partial charge in [-0.1, -0.05) is 24.3 Å². The van der Waals surface area contributed by atoms with Crippen LogP contribution in [0.15, 0.2) is 48.5 Å². The molecule has 0 aliphatic rings. The quantitative estimate of drug-likeness (QED) is 0.665. The number of hydrogen-bond donors (Lipinski definition) is 1. The minimum Gasteiger partial charge on any atom is -0.508 e. The fourth-order valence-corrected chi connectivity index (χ4v) is 2.60. The average Bonchev–Trinajstić information content (AvgIpc) is 2.47. The van der Waals surface area contributed by atoms with Crippen LogP contribution in [0.25, 0.3) is 0 Å². The molecule has 2 nitrogen and oxygen atoms in total. The van der Waals surface area contributed by atoms with Crippen molar-refractivity contribution >= 4 is 0 Å². The molecule has 0 aliphatic heterocycles. The third kappa shape index (κ3) is 3.91. The minimum absolute atomic E-state index is 0.259. The zero-order chi connectivity index (χ0) is 20.7. The number of aromatic hydroxyl groups is 1. The van der Waals surface area contributed by atoms with Gasteiger partial charge < -0.3 is 9.84 Å². The Bertz CT molecular complexity index is 758. The van der Waals surface area contributed by atoms with Gasteiger partial charge in [-0.2, -0.15) is 26.3 Å². The third-order valence-electron chi connectivity index (χ3n) is 3.67. The van der Waals surface area contributed by atoms with Gasteiger partial charge in [0.05, 0.1) is 0 Å². The maximum Gasteiger partial charge on any atom is 0.573 e. The highest BCUT2D eigenvalue weighted by Gasteiger charge is 2.72. The van der Waals surface area contributed by atoms with Crippen LogP contribution in [0, 0.1) is 0 Å². The summed E-state index contributed by atoms with van der Waals surface area (Å²) in [5.41, 5.74) is -7.14. The van der Waals surface area contributed by atoms with Crippen LogP contribution in [-0.4, -0.2) is 23.8 Å². The molecule has 0 radical (unpaired) electrons. The molecule has 0 aliphatic carbocycles. The summed E-state index contributed by atoms with van der Waals surface area (Å²) in [6.45, 7) is 0. The van der Waals surface area contributed by atoms with E-state index in [1.54, 1.807) is 0 Å². The van der Waals surface area contributed by atoms with Gasteiger partial charge in [0.25, 0.3) is 0 Å². The number of halogens is 9. The van der Waals surface area contributed by atoms with Gasteiger partial charge in [0.15, 0.2) is 0 Å². The lowest BCUT2D eigenvalue weighted by molar-refractivity contribution is -0.289. The van der Waals surface area contributed by atoms with Crippen molar-refractivity contribution in [2.45, 2.75) is 24.1 Å². The molecule has 11 heteroatoms. The molecule has 0 heterocycles. The van der Waals surface area contributed by atoms with Crippen LogP contribution in [0.3, 0.4) is 0 Å². The molecule has 0 saturated heterocycles. The molecule has 0 unspecified atom stereocenters. The monoisotopic (exact) mass is 404 g/mol. The van der Waals surface area contributed by atoms with E-state index in [0.717, 1.165) is 0 Å². The Morgan fingerprint density at radius 2 is 0.963 bits per heavy atom. The minimum atomic E-state index is -5.89. The van der Waals surface area contributed by atoms with Gasteiger partial charge in [-0.3, -0.25) is 0 Å². The van der Waals surface area contributed by atoms with E-state index >= 15 is 0 Å². The maximum atomic E-state index is 13.7. The van der Waals surface area contributed by atoms with Crippen molar-refractivity contribution in [2.75, 3.05) is 0 Å². The summed E-state index contributed by atoms with van der Waals surface area (Å²) in [6.07, 6.45) is -17.0. The molecule has 0 spiro atoms. The zero-order valence-corrected chi connectivity index (χ0v) is 12.9. The van der Waals surface area contributed by atoms with Crippen molar-refractivity contribution in [3.8, 4) is 11.5 Å². The van der Waals surface area contributed by atoms with Crippen LogP contribution in [0.5, 0.6) is 11.5 Å². The second kappa shape index (κ2) is 6.54. The molecule has 148 valence electrons. The predicted molar refractivity (Wildman–Crippen MR) is 74.1 cm³/mol. The van der Waals surface area contributed by atoms with Crippen LogP contribution in [0.1, 0.15) is 11.1 Å². The Balaban J connectivity index is 2.71. The summed E-state index contributed by atoms with van der Waals surface area (Å²) in [7, 11) is 0. The van der Waals surface area contributed by atoms with Crippen molar-refractivity contribution in [3.63, 3.8) is 0 Å². The van der Waals surface area contributed by atoms with Crippen molar-refractivity contribution in [2.24, 2.45) is 0 Å². The number of phenolic OH excluding ortho intramolecular Hbond substituents is 1. The lowest BCUT2D eigenvalue weighted by Gasteiger charge is -2.38. The Kier molecular flexibility index (Phi) is 5.02. The Morgan fingerprint density at radius 3 is 1.30 bits per heavy atom. The van der Waals surface area contributed by atoms with Crippen LogP contribution < -0.4 is 4.74 Å². The SMILES string of the molecule is Oc1ccc(C(c2ccc(OC(F)(F)F)cc2)(C(F)(F)F)C(F)(F)F)cc1. The highest BCUT2D eigenvalue weighted by molar-refractivity contribution is 5.46. The normalized spacial score (nSPS) is 13.5. The van der Waals surface area contributed by atoms with Crippen LogP contribution in [-0.2, 0) is 5.41 Å². The molecule has 27 heavy (non-hydrogen) atoms. The molecule has 2 aromatic carbocycles. The van der Waals surface area contributed by atoms with Crippen LogP contribution in [0.4, 0.5) is 39.5 Å². The lowest BCUT2D eigenvalue weighted by Crippen LogP contribution is -2.54. The smallest absolute Gasteiger partial charge is 0.508 e. The van der Waals surface area contributed by atoms with E-state index in [0.29, 0.717) is 36.4 Å². The summed E-state index contributed by atoms with van der Waals surface area (Å²) < 4.78 is 122. The molecule has 2 aromatic rings. The van der Waals surface area contributed by atoms with Gasteiger partial charge in [-0.15, -0.1) is 13.2 Å². The number of ether oxygens (including phenoxy) is 1. The van der Waals surface area contributed by atoms with E-state index in [-0.39, 0.29) is 12.1 Å². The van der Waals surface area contributed by atoms with Gasteiger partial charge in [0, 0.05) is 0 Å². The number of benzene rings is 2. The standard InChI is InChI=1S/C16H9F9O2/c17-14(18,19)13(15(20,21)22,9-1-5-11(26)6-2-9)10-3-7-12(8-4-10)27-16(23,24)25/h1-8,26H. The Morgan fingerprint density at radius 1 is 0.593 bits per heavy atom. The van der Waals surface area contributed by atoms with E-state index in [2.05, 4.69) is 4.74 Å². The first-order chi connectivity index (χ1) is 12.2. The van der Waals surface area contributed by atoms with E-state index < -0.39 is 46.8 Å². The fourth-order valence-electron chi connectivity index (χ4n) is 2.60. The second-order valence-electron chi connectivity index (χ2n) is 5.36. The Hall–Kier alpha value is -2.59. The van der Waals surface area contributed by atoms with Gasteiger partial charge in [0.1, 0.15) is 11.5 Å². The summed E-state index contributed by atoms with van der Waals surface area (Å²) in [5.74, 6) is -1.54. The molecule has 0 fully saturated rings. The molecular formula is C16H9F9O2. The molecule has 2 rings (SSSR count). The second-order valence-corrected chi connectivity index (χ2v) is 5.36. The molecule has 0 amide bonds. The van der Waals surface area contributed by atoms with Gasteiger partial charge in [0.2, 0.25) is 5.41 Å². The fraction of sp³-hybridized carbons (Fsp3) is 0.250. The first-order valence-electron chi connectivity index (χ1n) is 6.98. The van der Waals surface area contributed by atoms with Crippen molar-refractivity contribution in [1.29, 1.82) is 0 Å². The van der Waals surface area contributed by atoms with Crippen molar-refractivity contribution in [1.82, 2.24) is 0 Å². The molecular weight excluding hydrogens is 395 g/mol. The van der Waals surface area contributed by atoms with Crippen LogP contribution in [0.2, 0.25) is 0 Å². The summed E-state index contributed by atoms with van der Waals surface area (Å²) >= 11 is 0. The first kappa shape index (κ1) is 20.7. The van der Waals surface area contributed by atoms with Crippen molar-refractivity contribution < 1.29 is 49.4 Å². The highest BCUT2D eigenvalue weighted by Crippen LogP contribution is 2.56. The molecule has 1 N–H and O–H groups in total. The van der Waals surface area contributed by atoms with Gasteiger partial charge in [-0.05, 0) is 35.4 Å². The number of phenols is 1. The number of hydrogen-bond acceptors (Lipinski definition) is 2. The molecule has 0 saturated carbocycles. The Labute approximate surface area is 145 Å². The van der Waals surface area contributed by atoms with E-state index in [4.69, 9.17) is 5.11 Å². The molecule has 0 bridgehead atoms. The number of rotatable bonds is 3. The summed E-state index contributed by atoms with van der Waals surface area (Å²) in [6, 6.07) is 3.40. The molecule has 0 aromatic heterocycles. The third-order valence-corrected chi connectivity index (χ3v) is 3.67. The van der Waals surface area contributed by atoms with E-state index in [1.165, 1.54) is 0 Å². The lowest BCUT2D eigenvalue weighted by atomic mass is 9.73. The summed E-state index contributed by atoms with van der Waals surface area (Å²) in [4.78, 5) is 0. The predicted octanol–water partition coefficient (Wildman–Crippen LogP) is 5.70. The zero-order valence-electron chi connectivity index (χ0n) is 12.9. The van der Waals surface area contributed by atoms with Crippen LogP contribution >= 0.6 is 0 Å². The van der Waals surface area contributed by atoms with E-state index in [9.17, 15) is 39.5 Å². The molecule has 0 atom stereocenters. The van der Waals surface area contributed by atoms with Gasteiger partial charge in [-0.25, -0.2) is 0 Å². The van der Waals surface area contributed by atoms with E-state index in [1.807, 2.05) is 0 Å². The first-order valence-corrected chi connectivity index (χ1v) is 6.98.